The van der Waals surface area contributed by atoms with Gasteiger partial charge >= 0.3 is 0 Å². The second-order valence-corrected chi connectivity index (χ2v) is 6.44. The number of carbonyl (C=O) groups excluding carboxylic acids is 1. The van der Waals surface area contributed by atoms with E-state index in [0.29, 0.717) is 17.4 Å². The Kier molecular flexibility index (Phi) is 4.34. The summed E-state index contributed by atoms with van der Waals surface area (Å²) in [6.45, 7) is 4.10. The van der Waals surface area contributed by atoms with Crippen molar-refractivity contribution in [3.05, 3.63) is 23.4 Å². The van der Waals surface area contributed by atoms with Crippen LogP contribution in [0, 0.1) is 0 Å². The van der Waals surface area contributed by atoms with E-state index in [0.717, 1.165) is 23.6 Å². The number of thioether (sulfide) groups is 1. The smallest absolute Gasteiger partial charge is 0.254 e. The van der Waals surface area contributed by atoms with E-state index in [1.807, 2.05) is 43.6 Å². The molecule has 4 nitrogen and oxygen atoms in total. The predicted molar refractivity (Wildman–Crippen MR) is 80.6 cm³/mol. The molecule has 0 bridgehead atoms. The number of pyridine rings is 1. The molecule has 0 aromatic carbocycles. The van der Waals surface area contributed by atoms with Crippen LogP contribution in [0.15, 0.2) is 12.1 Å². The van der Waals surface area contributed by atoms with Gasteiger partial charge < -0.3 is 10.6 Å². The van der Waals surface area contributed by atoms with Gasteiger partial charge in [-0.05, 0) is 30.2 Å². The predicted octanol–water partition coefficient (Wildman–Crippen LogP) is 2.36. The number of nitrogens with zero attached hydrogens (tertiary/aromatic N) is 2. The number of aromatic nitrogens is 1. The van der Waals surface area contributed by atoms with Gasteiger partial charge in [0.1, 0.15) is 5.82 Å². The lowest BCUT2D eigenvalue weighted by molar-refractivity contribution is 0.0747. The molecule has 104 valence electrons. The average Bonchev–Trinajstić information content (AvgIpc) is 2.90. The molecule has 0 radical (unpaired) electrons. The summed E-state index contributed by atoms with van der Waals surface area (Å²) >= 11 is 1.90. The van der Waals surface area contributed by atoms with Crippen molar-refractivity contribution in [3.63, 3.8) is 0 Å². The fourth-order valence-corrected chi connectivity index (χ4v) is 3.46. The van der Waals surface area contributed by atoms with E-state index in [1.165, 1.54) is 0 Å². The van der Waals surface area contributed by atoms with Gasteiger partial charge in [0.2, 0.25) is 0 Å². The van der Waals surface area contributed by atoms with Gasteiger partial charge in [-0.1, -0.05) is 13.8 Å². The summed E-state index contributed by atoms with van der Waals surface area (Å²) in [6, 6.07) is 3.88. The number of carbonyl (C=O) groups is 1. The Bertz CT molecular complexity index is 470. The summed E-state index contributed by atoms with van der Waals surface area (Å²) in [5.41, 5.74) is 7.32. The van der Waals surface area contributed by atoms with Crippen LogP contribution in [0.3, 0.4) is 0 Å². The van der Waals surface area contributed by atoms with Crippen LogP contribution in [0.4, 0.5) is 5.82 Å². The third-order valence-corrected chi connectivity index (χ3v) is 4.62. The molecule has 1 aliphatic heterocycles. The Morgan fingerprint density at radius 2 is 2.26 bits per heavy atom. The van der Waals surface area contributed by atoms with Crippen molar-refractivity contribution in [1.29, 1.82) is 0 Å². The summed E-state index contributed by atoms with van der Waals surface area (Å²) in [7, 11) is 1.88. The number of amides is 1. The SMILES string of the molecule is CC(C)c1cc(C(=O)N(C)C2CCSC2)cc(N)n1. The molecule has 5 heteroatoms. The maximum Gasteiger partial charge on any atom is 0.254 e. The fraction of sp³-hybridized carbons (Fsp3) is 0.571. The Balaban J connectivity index is 2.22. The maximum absolute atomic E-state index is 12.5. The zero-order valence-corrected chi connectivity index (χ0v) is 12.5. The van der Waals surface area contributed by atoms with Gasteiger partial charge in [-0.25, -0.2) is 4.98 Å². The van der Waals surface area contributed by atoms with E-state index >= 15 is 0 Å². The van der Waals surface area contributed by atoms with Crippen molar-refractivity contribution >= 4 is 23.5 Å². The Morgan fingerprint density at radius 3 is 2.84 bits per heavy atom. The molecule has 19 heavy (non-hydrogen) atoms. The molecule has 0 saturated carbocycles. The average molecular weight is 279 g/mol. The molecule has 1 aliphatic rings. The van der Waals surface area contributed by atoms with Crippen molar-refractivity contribution in [2.24, 2.45) is 0 Å². The number of hydrogen-bond acceptors (Lipinski definition) is 4. The quantitative estimate of drug-likeness (QED) is 0.923. The van der Waals surface area contributed by atoms with Gasteiger partial charge in [0.15, 0.2) is 0 Å². The van der Waals surface area contributed by atoms with E-state index in [-0.39, 0.29) is 11.8 Å². The zero-order chi connectivity index (χ0) is 14.0. The Labute approximate surface area is 118 Å². The van der Waals surface area contributed by atoms with Crippen molar-refractivity contribution in [2.45, 2.75) is 32.2 Å². The van der Waals surface area contributed by atoms with Crippen molar-refractivity contribution in [1.82, 2.24) is 9.88 Å². The van der Waals surface area contributed by atoms with Gasteiger partial charge in [0.25, 0.3) is 5.91 Å². The second kappa shape index (κ2) is 5.82. The van der Waals surface area contributed by atoms with Gasteiger partial charge in [-0.15, -0.1) is 0 Å². The molecule has 1 aromatic heterocycles. The van der Waals surface area contributed by atoms with E-state index in [2.05, 4.69) is 4.98 Å². The topological polar surface area (TPSA) is 59.2 Å². The second-order valence-electron chi connectivity index (χ2n) is 5.29. The molecule has 2 rings (SSSR count). The molecule has 1 unspecified atom stereocenters. The highest BCUT2D eigenvalue weighted by Crippen LogP contribution is 2.23. The Morgan fingerprint density at radius 1 is 1.53 bits per heavy atom. The zero-order valence-electron chi connectivity index (χ0n) is 11.7. The molecular weight excluding hydrogens is 258 g/mol. The first-order chi connectivity index (χ1) is 8.99. The first-order valence-electron chi connectivity index (χ1n) is 6.61. The highest BCUT2D eigenvalue weighted by Gasteiger charge is 2.25. The molecule has 0 spiro atoms. The van der Waals surface area contributed by atoms with Crippen molar-refractivity contribution in [2.75, 3.05) is 24.3 Å². The normalized spacial score (nSPS) is 18.8. The van der Waals surface area contributed by atoms with Crippen LogP contribution in [0.1, 0.15) is 42.2 Å². The highest BCUT2D eigenvalue weighted by atomic mass is 32.2. The van der Waals surface area contributed by atoms with Crippen LogP contribution in [0.5, 0.6) is 0 Å². The molecule has 2 N–H and O–H groups in total. The first kappa shape index (κ1) is 14.2. The fourth-order valence-electron chi connectivity index (χ4n) is 2.19. The van der Waals surface area contributed by atoms with Gasteiger partial charge in [-0.3, -0.25) is 4.79 Å². The summed E-state index contributed by atoms with van der Waals surface area (Å²) < 4.78 is 0. The number of nitrogen functional groups attached to an aromatic ring is 1. The molecule has 1 atom stereocenters. The number of nitrogens with two attached hydrogens (primary N) is 1. The number of hydrogen-bond donors (Lipinski definition) is 1. The summed E-state index contributed by atoms with van der Waals surface area (Å²) in [5, 5.41) is 0. The highest BCUT2D eigenvalue weighted by molar-refractivity contribution is 7.99. The van der Waals surface area contributed by atoms with E-state index in [4.69, 9.17) is 5.73 Å². The summed E-state index contributed by atoms with van der Waals surface area (Å²) in [5.74, 6) is 2.90. The minimum absolute atomic E-state index is 0.0449. The third-order valence-electron chi connectivity index (χ3n) is 3.48. The van der Waals surface area contributed by atoms with Crippen LogP contribution in [0.25, 0.3) is 0 Å². The van der Waals surface area contributed by atoms with Gasteiger partial charge in [-0.2, -0.15) is 11.8 Å². The van der Waals surface area contributed by atoms with E-state index < -0.39 is 0 Å². The van der Waals surface area contributed by atoms with Gasteiger partial charge in [0.05, 0.1) is 0 Å². The first-order valence-corrected chi connectivity index (χ1v) is 7.77. The minimum Gasteiger partial charge on any atom is -0.384 e. The monoisotopic (exact) mass is 279 g/mol. The summed E-state index contributed by atoms with van der Waals surface area (Å²) in [6.07, 6.45) is 1.07. The van der Waals surface area contributed by atoms with Crippen molar-refractivity contribution < 1.29 is 4.79 Å². The molecule has 1 amide bonds. The molecular formula is C14H21N3OS. The maximum atomic E-state index is 12.5. The van der Waals surface area contributed by atoms with Crippen LogP contribution >= 0.6 is 11.8 Å². The summed E-state index contributed by atoms with van der Waals surface area (Å²) in [4.78, 5) is 18.6. The van der Waals surface area contributed by atoms with E-state index in [1.54, 1.807) is 6.07 Å². The molecule has 0 aliphatic carbocycles. The lowest BCUT2D eigenvalue weighted by atomic mass is 10.1. The van der Waals surface area contributed by atoms with Crippen LogP contribution in [-0.4, -0.2) is 40.4 Å². The van der Waals surface area contributed by atoms with Gasteiger partial charge in [0, 0.05) is 30.1 Å². The Hall–Kier alpha value is -1.23. The largest absolute Gasteiger partial charge is 0.384 e. The number of rotatable bonds is 3. The third kappa shape index (κ3) is 3.21. The lowest BCUT2D eigenvalue weighted by Gasteiger charge is -2.24. The lowest BCUT2D eigenvalue weighted by Crippen LogP contribution is -2.37. The van der Waals surface area contributed by atoms with Crippen LogP contribution < -0.4 is 5.73 Å². The molecule has 1 saturated heterocycles. The van der Waals surface area contributed by atoms with Crippen molar-refractivity contribution in [3.8, 4) is 0 Å². The molecule has 1 aromatic rings. The standard InChI is InChI=1S/C14H21N3OS/c1-9(2)12-6-10(7-13(15)16-12)14(18)17(3)11-4-5-19-8-11/h6-7,9,11H,4-5,8H2,1-3H3,(H2,15,16). The molecule has 2 heterocycles. The van der Waals surface area contributed by atoms with E-state index in [9.17, 15) is 4.79 Å². The molecule has 1 fully saturated rings. The number of anilines is 1. The minimum atomic E-state index is 0.0449. The van der Waals surface area contributed by atoms with Crippen LogP contribution in [0.2, 0.25) is 0 Å². The van der Waals surface area contributed by atoms with Crippen LogP contribution in [-0.2, 0) is 0 Å².